The van der Waals surface area contributed by atoms with Gasteiger partial charge < -0.3 is 5.32 Å². The topological polar surface area (TPSA) is 75.3 Å². The highest BCUT2D eigenvalue weighted by molar-refractivity contribution is 9.10. The summed E-state index contributed by atoms with van der Waals surface area (Å²) in [6.07, 6.45) is 0. The summed E-state index contributed by atoms with van der Waals surface area (Å²) in [4.78, 5) is 12.2. The maximum atomic E-state index is 12.3. The number of nitrogens with one attached hydrogen (secondary N) is 2. The Kier molecular flexibility index (Phi) is 6.40. The first-order chi connectivity index (χ1) is 11.3. The first-order valence-electron chi connectivity index (χ1n) is 7.08. The lowest BCUT2D eigenvalue weighted by Crippen LogP contribution is -2.44. The Morgan fingerprint density at radius 3 is 2.42 bits per heavy atom. The van der Waals surface area contributed by atoms with Crippen molar-refractivity contribution in [2.45, 2.75) is 24.4 Å². The van der Waals surface area contributed by atoms with Gasteiger partial charge in [0.15, 0.2) is 0 Å². The molecule has 2 N–H and O–H groups in total. The summed E-state index contributed by atoms with van der Waals surface area (Å²) < 4.78 is 27.6. The molecule has 5 nitrogen and oxygen atoms in total. The normalized spacial score (nSPS) is 12.6. The van der Waals surface area contributed by atoms with Gasteiger partial charge in [-0.2, -0.15) is 4.72 Å². The zero-order chi connectivity index (χ0) is 17.7. The highest BCUT2D eigenvalue weighted by Gasteiger charge is 2.21. The minimum Gasteiger partial charge on any atom is -0.351 e. The van der Waals surface area contributed by atoms with Gasteiger partial charge in [-0.3, -0.25) is 4.79 Å². The van der Waals surface area contributed by atoms with Crippen molar-refractivity contribution in [3.05, 3.63) is 63.6 Å². The van der Waals surface area contributed by atoms with Gasteiger partial charge in [-0.15, -0.1) is 0 Å². The Bertz CT molecular complexity index is 825. The minimum absolute atomic E-state index is 0.0939. The van der Waals surface area contributed by atoms with Gasteiger partial charge >= 0.3 is 0 Å². The molecule has 0 aliphatic heterocycles. The summed E-state index contributed by atoms with van der Waals surface area (Å²) in [5.74, 6) is -0.435. The lowest BCUT2D eigenvalue weighted by molar-refractivity contribution is -0.122. The third-order valence-electron chi connectivity index (χ3n) is 3.26. The molecule has 2 rings (SSSR count). The van der Waals surface area contributed by atoms with Crippen molar-refractivity contribution < 1.29 is 13.2 Å². The van der Waals surface area contributed by atoms with E-state index in [0.29, 0.717) is 5.02 Å². The number of rotatable bonds is 6. The molecule has 0 fully saturated rings. The predicted molar refractivity (Wildman–Crippen MR) is 97.2 cm³/mol. The molecule has 24 heavy (non-hydrogen) atoms. The molecular formula is C16H16BrClN2O3S. The Labute approximate surface area is 154 Å². The fraction of sp³-hybridized carbons (Fsp3) is 0.188. The molecule has 0 aromatic heterocycles. The monoisotopic (exact) mass is 430 g/mol. The van der Waals surface area contributed by atoms with Crippen molar-refractivity contribution in [2.24, 2.45) is 0 Å². The number of carbonyl (C=O) groups excluding carboxylic acids is 1. The van der Waals surface area contributed by atoms with Gasteiger partial charge in [-0.25, -0.2) is 8.42 Å². The number of sulfonamides is 1. The van der Waals surface area contributed by atoms with Crippen molar-refractivity contribution >= 4 is 43.5 Å². The fourth-order valence-electron chi connectivity index (χ4n) is 1.95. The molecule has 8 heteroatoms. The van der Waals surface area contributed by atoms with E-state index in [4.69, 9.17) is 11.6 Å². The summed E-state index contributed by atoms with van der Waals surface area (Å²) >= 11 is 9.26. The summed E-state index contributed by atoms with van der Waals surface area (Å²) in [7, 11) is -3.77. The zero-order valence-corrected chi connectivity index (χ0v) is 16.0. The van der Waals surface area contributed by atoms with Gasteiger partial charge in [0.2, 0.25) is 15.9 Å². The summed E-state index contributed by atoms with van der Waals surface area (Å²) in [6, 6.07) is 12.4. The van der Waals surface area contributed by atoms with E-state index in [2.05, 4.69) is 26.0 Å². The van der Waals surface area contributed by atoms with Crippen molar-refractivity contribution in [1.82, 2.24) is 10.0 Å². The molecule has 128 valence electrons. The van der Waals surface area contributed by atoms with Crippen LogP contribution in [0, 0.1) is 0 Å². The first kappa shape index (κ1) is 18.9. The number of amides is 1. The quantitative estimate of drug-likeness (QED) is 0.738. The van der Waals surface area contributed by atoms with E-state index in [0.717, 1.165) is 10.0 Å². The molecule has 0 radical (unpaired) electrons. The van der Waals surface area contributed by atoms with Gasteiger partial charge in [-0.1, -0.05) is 45.7 Å². The van der Waals surface area contributed by atoms with Crippen LogP contribution in [0.15, 0.2) is 57.9 Å². The predicted octanol–water partition coefficient (Wildman–Crippen LogP) is 3.09. The molecule has 0 aliphatic carbocycles. The molecule has 0 saturated carbocycles. The van der Waals surface area contributed by atoms with Crippen LogP contribution in [0.3, 0.4) is 0 Å². The number of hydrogen-bond donors (Lipinski definition) is 2. The van der Waals surface area contributed by atoms with E-state index in [1.54, 1.807) is 30.3 Å². The van der Waals surface area contributed by atoms with E-state index in [9.17, 15) is 13.2 Å². The average molecular weight is 432 g/mol. The third kappa shape index (κ3) is 5.04. The van der Waals surface area contributed by atoms with Crippen molar-refractivity contribution in [2.75, 3.05) is 0 Å². The fourth-order valence-corrected chi connectivity index (χ4v) is 3.62. The van der Waals surface area contributed by atoms with Crippen LogP contribution in [-0.4, -0.2) is 20.4 Å². The number of halogens is 2. The lowest BCUT2D eigenvalue weighted by atomic mass is 10.2. The van der Waals surface area contributed by atoms with Gasteiger partial charge in [0.1, 0.15) is 0 Å². The van der Waals surface area contributed by atoms with Gasteiger partial charge in [-0.05, 0) is 42.8 Å². The van der Waals surface area contributed by atoms with Gasteiger partial charge in [0.25, 0.3) is 0 Å². The number of carbonyl (C=O) groups is 1. The molecule has 2 aromatic carbocycles. The summed E-state index contributed by atoms with van der Waals surface area (Å²) in [5.41, 5.74) is 0.760. The highest BCUT2D eigenvalue weighted by Crippen LogP contribution is 2.16. The second kappa shape index (κ2) is 8.11. The third-order valence-corrected chi connectivity index (χ3v) is 5.71. The van der Waals surface area contributed by atoms with E-state index >= 15 is 0 Å². The minimum atomic E-state index is -3.77. The van der Waals surface area contributed by atoms with Crippen LogP contribution < -0.4 is 10.0 Å². The number of benzene rings is 2. The van der Waals surface area contributed by atoms with E-state index in [1.807, 2.05) is 6.07 Å². The Balaban J connectivity index is 1.98. The Hall–Kier alpha value is -1.41. The lowest BCUT2D eigenvalue weighted by Gasteiger charge is -2.15. The maximum absolute atomic E-state index is 12.3. The van der Waals surface area contributed by atoms with E-state index in [-0.39, 0.29) is 11.4 Å². The molecule has 0 spiro atoms. The summed E-state index contributed by atoms with van der Waals surface area (Å²) in [6.45, 7) is 1.71. The maximum Gasteiger partial charge on any atom is 0.241 e. The molecule has 2 aromatic rings. The van der Waals surface area contributed by atoms with E-state index < -0.39 is 22.0 Å². The van der Waals surface area contributed by atoms with Crippen LogP contribution in [-0.2, 0) is 21.4 Å². The standard InChI is InChI=1S/C16H16BrClN2O3S/c1-11(16(21)19-10-12-4-2-3-5-15(12)18)20-24(22,23)14-8-6-13(17)7-9-14/h2-9,11,20H,10H2,1H3,(H,19,21)/t11-/m0/s1. The van der Waals surface area contributed by atoms with Crippen molar-refractivity contribution in [3.8, 4) is 0 Å². The Morgan fingerprint density at radius 1 is 1.17 bits per heavy atom. The first-order valence-corrected chi connectivity index (χ1v) is 9.74. The van der Waals surface area contributed by atoms with Gasteiger partial charge in [0.05, 0.1) is 10.9 Å². The SMILES string of the molecule is C[C@H](NS(=O)(=O)c1ccc(Br)cc1)C(=O)NCc1ccccc1Cl. The van der Waals surface area contributed by atoms with E-state index in [1.165, 1.54) is 19.1 Å². The second-order valence-electron chi connectivity index (χ2n) is 5.11. The molecule has 0 bridgehead atoms. The summed E-state index contributed by atoms with van der Waals surface area (Å²) in [5, 5.41) is 3.21. The molecule has 1 amide bonds. The van der Waals surface area contributed by atoms with Crippen LogP contribution in [0.4, 0.5) is 0 Å². The van der Waals surface area contributed by atoms with Crippen LogP contribution in [0.5, 0.6) is 0 Å². The molecule has 0 saturated heterocycles. The van der Waals surface area contributed by atoms with Crippen molar-refractivity contribution in [3.63, 3.8) is 0 Å². The molecule has 0 heterocycles. The van der Waals surface area contributed by atoms with Crippen LogP contribution in [0.2, 0.25) is 5.02 Å². The average Bonchev–Trinajstić information content (AvgIpc) is 2.53. The molecule has 1 atom stereocenters. The zero-order valence-electron chi connectivity index (χ0n) is 12.8. The second-order valence-corrected chi connectivity index (χ2v) is 8.14. The van der Waals surface area contributed by atoms with Crippen LogP contribution in [0.1, 0.15) is 12.5 Å². The van der Waals surface area contributed by atoms with Crippen molar-refractivity contribution in [1.29, 1.82) is 0 Å². The Morgan fingerprint density at radius 2 is 1.79 bits per heavy atom. The van der Waals surface area contributed by atoms with Crippen LogP contribution in [0.25, 0.3) is 0 Å². The highest BCUT2D eigenvalue weighted by atomic mass is 79.9. The van der Waals surface area contributed by atoms with Gasteiger partial charge in [0, 0.05) is 16.0 Å². The molecule has 0 aliphatic rings. The molecular weight excluding hydrogens is 416 g/mol. The largest absolute Gasteiger partial charge is 0.351 e. The molecule has 0 unspecified atom stereocenters. The van der Waals surface area contributed by atoms with Crippen LogP contribution >= 0.6 is 27.5 Å². The smallest absolute Gasteiger partial charge is 0.241 e. The number of hydrogen-bond acceptors (Lipinski definition) is 3.